The molecule has 0 radical (unpaired) electrons. The van der Waals surface area contributed by atoms with Crippen LogP contribution in [0.15, 0.2) is 6.07 Å². The van der Waals surface area contributed by atoms with Gasteiger partial charge in [0.2, 0.25) is 21.9 Å². The summed E-state index contributed by atoms with van der Waals surface area (Å²) in [5.41, 5.74) is 0.646. The standard InChI is InChI=1S/C13H22N4O3S/c1-10-9-12(20-2)16-13(15-10)17-21(18,19)8-4-3-7-14-11-5-6-11/h9,11,14H,3-8H2,1-2H3,(H,15,16,17). The van der Waals surface area contributed by atoms with Crippen LogP contribution in [-0.2, 0) is 10.0 Å². The molecule has 0 bridgehead atoms. The van der Waals surface area contributed by atoms with E-state index in [2.05, 4.69) is 20.0 Å². The zero-order valence-electron chi connectivity index (χ0n) is 12.4. The summed E-state index contributed by atoms with van der Waals surface area (Å²) in [5.74, 6) is 0.468. The largest absolute Gasteiger partial charge is 0.481 e. The molecule has 2 rings (SSSR count). The molecular weight excluding hydrogens is 292 g/mol. The van der Waals surface area contributed by atoms with Gasteiger partial charge in [0.15, 0.2) is 0 Å². The SMILES string of the molecule is COc1cc(C)nc(NS(=O)(=O)CCCCNC2CC2)n1. The van der Waals surface area contributed by atoms with E-state index >= 15 is 0 Å². The Balaban J connectivity index is 1.80. The maximum atomic E-state index is 12.0. The summed E-state index contributed by atoms with van der Waals surface area (Å²) >= 11 is 0. The molecule has 0 saturated heterocycles. The first-order valence-corrected chi connectivity index (χ1v) is 8.77. The molecule has 0 atom stereocenters. The number of unbranched alkanes of at least 4 members (excludes halogenated alkanes) is 1. The van der Waals surface area contributed by atoms with Gasteiger partial charge in [0.25, 0.3) is 0 Å². The van der Waals surface area contributed by atoms with Crippen LogP contribution in [0.2, 0.25) is 0 Å². The molecule has 1 heterocycles. The van der Waals surface area contributed by atoms with Gasteiger partial charge >= 0.3 is 0 Å². The number of methoxy groups -OCH3 is 1. The Morgan fingerprint density at radius 1 is 1.33 bits per heavy atom. The van der Waals surface area contributed by atoms with Gasteiger partial charge in [-0.2, -0.15) is 4.98 Å². The summed E-state index contributed by atoms with van der Waals surface area (Å²) in [7, 11) is -1.94. The second-order valence-corrected chi connectivity index (χ2v) is 7.07. The van der Waals surface area contributed by atoms with Crippen LogP contribution in [0.25, 0.3) is 0 Å². The van der Waals surface area contributed by atoms with Gasteiger partial charge in [-0.05, 0) is 39.2 Å². The first-order valence-electron chi connectivity index (χ1n) is 7.12. The zero-order chi connectivity index (χ0) is 15.3. The molecule has 0 amide bonds. The van der Waals surface area contributed by atoms with E-state index < -0.39 is 10.0 Å². The first kappa shape index (κ1) is 16.0. The predicted molar refractivity (Wildman–Crippen MR) is 81.0 cm³/mol. The molecule has 8 heteroatoms. The highest BCUT2D eigenvalue weighted by molar-refractivity contribution is 7.92. The molecule has 1 aromatic rings. The van der Waals surface area contributed by atoms with Gasteiger partial charge in [-0.3, -0.25) is 4.72 Å². The number of aromatic nitrogens is 2. The molecule has 2 N–H and O–H groups in total. The molecule has 0 aliphatic heterocycles. The Kier molecular flexibility index (Phi) is 5.35. The number of anilines is 1. The third kappa shape index (κ3) is 5.84. The van der Waals surface area contributed by atoms with Crippen molar-refractivity contribution < 1.29 is 13.2 Å². The minimum atomic E-state index is -3.42. The van der Waals surface area contributed by atoms with Crippen LogP contribution in [0.1, 0.15) is 31.4 Å². The maximum absolute atomic E-state index is 12.0. The minimum absolute atomic E-state index is 0.0583. The van der Waals surface area contributed by atoms with E-state index in [1.54, 1.807) is 13.0 Å². The Bertz CT molecular complexity index is 573. The van der Waals surface area contributed by atoms with Crippen LogP contribution in [0.4, 0.5) is 5.95 Å². The topological polar surface area (TPSA) is 93.2 Å². The fraction of sp³-hybridized carbons (Fsp3) is 0.692. The summed E-state index contributed by atoms with van der Waals surface area (Å²) < 4.78 is 31.3. The van der Waals surface area contributed by atoms with E-state index in [4.69, 9.17) is 4.74 Å². The van der Waals surface area contributed by atoms with Gasteiger partial charge in [-0.25, -0.2) is 13.4 Å². The number of ether oxygens (including phenoxy) is 1. The lowest BCUT2D eigenvalue weighted by atomic mass is 10.3. The Labute approximate surface area is 125 Å². The lowest BCUT2D eigenvalue weighted by Gasteiger charge is -2.08. The molecule has 7 nitrogen and oxygen atoms in total. The van der Waals surface area contributed by atoms with Crippen molar-refractivity contribution in [2.75, 3.05) is 24.1 Å². The summed E-state index contributed by atoms with van der Waals surface area (Å²) in [6.07, 6.45) is 3.94. The molecule has 1 fully saturated rings. The van der Waals surface area contributed by atoms with Gasteiger partial charge in [-0.15, -0.1) is 0 Å². The molecule has 118 valence electrons. The second-order valence-electron chi connectivity index (χ2n) is 5.23. The van der Waals surface area contributed by atoms with E-state index in [1.807, 2.05) is 0 Å². The summed E-state index contributed by atoms with van der Waals surface area (Å²) in [6, 6.07) is 2.30. The van der Waals surface area contributed by atoms with Gasteiger partial charge < -0.3 is 10.1 Å². The number of hydrogen-bond donors (Lipinski definition) is 2. The highest BCUT2D eigenvalue weighted by Gasteiger charge is 2.19. The number of aryl methyl sites for hydroxylation is 1. The van der Waals surface area contributed by atoms with Gasteiger partial charge in [0, 0.05) is 17.8 Å². The van der Waals surface area contributed by atoms with E-state index in [0.29, 0.717) is 24.0 Å². The normalized spacial score (nSPS) is 15.0. The van der Waals surface area contributed by atoms with Crippen LogP contribution in [-0.4, -0.2) is 43.8 Å². The van der Waals surface area contributed by atoms with Crippen molar-refractivity contribution in [1.82, 2.24) is 15.3 Å². The zero-order valence-corrected chi connectivity index (χ0v) is 13.2. The number of rotatable bonds is 9. The van der Waals surface area contributed by atoms with Crippen LogP contribution in [0.3, 0.4) is 0 Å². The van der Waals surface area contributed by atoms with Crippen molar-refractivity contribution in [3.63, 3.8) is 0 Å². The molecule has 1 aromatic heterocycles. The highest BCUT2D eigenvalue weighted by atomic mass is 32.2. The summed E-state index contributed by atoms with van der Waals surface area (Å²) in [6.45, 7) is 2.63. The number of hydrogen-bond acceptors (Lipinski definition) is 6. The molecule has 1 saturated carbocycles. The average molecular weight is 314 g/mol. The fourth-order valence-electron chi connectivity index (χ4n) is 1.89. The van der Waals surface area contributed by atoms with Crippen LogP contribution in [0.5, 0.6) is 5.88 Å². The van der Waals surface area contributed by atoms with Crippen LogP contribution >= 0.6 is 0 Å². The molecular formula is C13H22N4O3S. The quantitative estimate of drug-likeness (QED) is 0.662. The summed E-state index contributed by atoms with van der Waals surface area (Å²) in [5, 5.41) is 3.36. The minimum Gasteiger partial charge on any atom is -0.481 e. The lowest BCUT2D eigenvalue weighted by Crippen LogP contribution is -2.21. The predicted octanol–water partition coefficient (Wildman–Crippen LogP) is 1.07. The number of nitrogens with zero attached hydrogens (tertiary/aromatic N) is 2. The molecule has 21 heavy (non-hydrogen) atoms. The Hall–Kier alpha value is -1.41. The number of nitrogens with one attached hydrogen (secondary N) is 2. The molecule has 1 aliphatic rings. The lowest BCUT2D eigenvalue weighted by molar-refractivity contribution is 0.397. The van der Waals surface area contributed by atoms with Gasteiger partial charge in [0.1, 0.15) is 0 Å². The van der Waals surface area contributed by atoms with E-state index in [9.17, 15) is 8.42 Å². The van der Waals surface area contributed by atoms with Crippen LogP contribution < -0.4 is 14.8 Å². The Morgan fingerprint density at radius 3 is 2.76 bits per heavy atom. The molecule has 0 spiro atoms. The number of sulfonamides is 1. The van der Waals surface area contributed by atoms with E-state index in [1.165, 1.54) is 20.0 Å². The van der Waals surface area contributed by atoms with Crippen molar-refractivity contribution in [2.45, 2.75) is 38.6 Å². The summed E-state index contributed by atoms with van der Waals surface area (Å²) in [4.78, 5) is 8.03. The average Bonchev–Trinajstić information content (AvgIpc) is 3.21. The van der Waals surface area contributed by atoms with Crippen molar-refractivity contribution in [2.24, 2.45) is 0 Å². The van der Waals surface area contributed by atoms with Crippen molar-refractivity contribution in [3.8, 4) is 5.88 Å². The van der Waals surface area contributed by atoms with Crippen molar-refractivity contribution in [1.29, 1.82) is 0 Å². The van der Waals surface area contributed by atoms with Gasteiger partial charge in [0.05, 0.1) is 12.9 Å². The maximum Gasteiger partial charge on any atom is 0.240 e. The highest BCUT2D eigenvalue weighted by Crippen LogP contribution is 2.18. The Morgan fingerprint density at radius 2 is 2.10 bits per heavy atom. The first-order chi connectivity index (χ1) is 9.98. The molecule has 0 aromatic carbocycles. The smallest absolute Gasteiger partial charge is 0.240 e. The van der Waals surface area contributed by atoms with Crippen molar-refractivity contribution >= 4 is 16.0 Å². The second kappa shape index (κ2) is 7.04. The molecule has 0 unspecified atom stereocenters. The van der Waals surface area contributed by atoms with Gasteiger partial charge in [-0.1, -0.05) is 0 Å². The third-order valence-corrected chi connectivity index (χ3v) is 4.46. The van der Waals surface area contributed by atoms with Crippen molar-refractivity contribution in [3.05, 3.63) is 11.8 Å². The monoisotopic (exact) mass is 314 g/mol. The molecule has 1 aliphatic carbocycles. The third-order valence-electron chi connectivity index (χ3n) is 3.14. The fourth-order valence-corrected chi connectivity index (χ4v) is 2.95. The van der Waals surface area contributed by atoms with E-state index in [-0.39, 0.29) is 11.7 Å². The van der Waals surface area contributed by atoms with E-state index in [0.717, 1.165) is 13.0 Å². The van der Waals surface area contributed by atoms with Crippen LogP contribution in [0, 0.1) is 6.92 Å².